The lowest BCUT2D eigenvalue weighted by Crippen LogP contribution is -2.29. The molecule has 7 nitrogen and oxygen atoms in total. The molecule has 1 fully saturated rings. The molecule has 1 aliphatic heterocycles. The molecular weight excluding hydrogens is 633 g/mol. The number of nitrogens with zero attached hydrogens (tertiary/aromatic N) is 3. The highest BCUT2D eigenvalue weighted by molar-refractivity contribution is 8.00. The quantitative estimate of drug-likeness (QED) is 0.0562. The van der Waals surface area contributed by atoms with Crippen LogP contribution in [0.1, 0.15) is 33.9 Å². The molecule has 0 saturated carbocycles. The van der Waals surface area contributed by atoms with Crippen molar-refractivity contribution >= 4 is 57.3 Å². The molecule has 4 aromatic carbocycles. The maximum atomic E-state index is 15.3. The summed E-state index contributed by atoms with van der Waals surface area (Å²) in [6.45, 7) is 2.36. The second-order valence-electron chi connectivity index (χ2n) is 10.2. The van der Waals surface area contributed by atoms with E-state index in [1.54, 1.807) is 42.5 Å². The summed E-state index contributed by atoms with van der Waals surface area (Å²) in [5.41, 5.74) is 3.23. The van der Waals surface area contributed by atoms with Gasteiger partial charge < -0.3 is 9.84 Å². The summed E-state index contributed by atoms with van der Waals surface area (Å²) < 4.78 is 21.7. The number of thioether (sulfide) groups is 1. The largest absolute Gasteiger partial charge is 0.507 e. The second-order valence-corrected chi connectivity index (χ2v) is 12.8. The first-order chi connectivity index (χ1) is 21.8. The third-order valence-electron chi connectivity index (χ3n) is 7.31. The summed E-state index contributed by atoms with van der Waals surface area (Å²) in [6.07, 6.45) is 0. The Morgan fingerprint density at radius 2 is 1.69 bits per heavy atom. The van der Waals surface area contributed by atoms with Gasteiger partial charge in [-0.2, -0.15) is 0 Å². The maximum absolute atomic E-state index is 15.3. The molecule has 0 spiro atoms. The number of ketones is 1. The average molecular weight is 658 g/mol. The molecule has 1 amide bonds. The Bertz CT molecular complexity index is 1910. The van der Waals surface area contributed by atoms with E-state index in [1.165, 1.54) is 30.0 Å². The number of hydrogen-bond donors (Lipinski definition) is 1. The number of aryl methyl sites for hydroxylation is 1. The van der Waals surface area contributed by atoms with E-state index in [-0.39, 0.29) is 21.8 Å². The normalized spacial score (nSPS) is 15.9. The van der Waals surface area contributed by atoms with Crippen LogP contribution < -0.4 is 9.64 Å². The zero-order valence-corrected chi connectivity index (χ0v) is 26.2. The Morgan fingerprint density at radius 1 is 0.978 bits per heavy atom. The van der Waals surface area contributed by atoms with Crippen molar-refractivity contribution in [3.63, 3.8) is 0 Å². The zero-order chi connectivity index (χ0) is 31.5. The van der Waals surface area contributed by atoms with Crippen LogP contribution in [0.25, 0.3) is 5.76 Å². The Hall–Kier alpha value is -4.51. The molecule has 5 aromatic rings. The minimum Gasteiger partial charge on any atom is -0.507 e. The van der Waals surface area contributed by atoms with E-state index in [0.29, 0.717) is 27.5 Å². The number of rotatable bonds is 9. The van der Waals surface area contributed by atoms with Crippen molar-refractivity contribution < 1.29 is 23.8 Å². The van der Waals surface area contributed by atoms with Crippen molar-refractivity contribution in [2.45, 2.75) is 29.7 Å². The predicted octanol–water partition coefficient (Wildman–Crippen LogP) is 8.14. The summed E-state index contributed by atoms with van der Waals surface area (Å²) in [5, 5.41) is 20.6. The summed E-state index contributed by atoms with van der Waals surface area (Å²) in [4.78, 5) is 28.1. The molecule has 226 valence electrons. The van der Waals surface area contributed by atoms with Crippen LogP contribution in [0.5, 0.6) is 5.75 Å². The van der Waals surface area contributed by atoms with Gasteiger partial charge in [0, 0.05) is 21.9 Å². The van der Waals surface area contributed by atoms with Crippen molar-refractivity contribution in [2.75, 3.05) is 4.90 Å². The highest BCUT2D eigenvalue weighted by Gasteiger charge is 2.49. The molecule has 1 saturated heterocycles. The smallest absolute Gasteiger partial charge is 0.301 e. The van der Waals surface area contributed by atoms with Gasteiger partial charge in [-0.25, -0.2) is 4.39 Å². The Morgan fingerprint density at radius 3 is 2.42 bits per heavy atom. The van der Waals surface area contributed by atoms with Gasteiger partial charge in [-0.1, -0.05) is 89.3 Å². The highest BCUT2D eigenvalue weighted by atomic mass is 35.5. The van der Waals surface area contributed by atoms with E-state index in [2.05, 4.69) is 10.2 Å². The molecule has 0 bridgehead atoms. The molecule has 2 heterocycles. The minimum absolute atomic E-state index is 0.0435. The molecule has 1 aromatic heterocycles. The van der Waals surface area contributed by atoms with Gasteiger partial charge in [0.15, 0.2) is 4.34 Å². The lowest BCUT2D eigenvalue weighted by molar-refractivity contribution is -0.132. The van der Waals surface area contributed by atoms with Crippen LogP contribution in [0, 0.1) is 12.7 Å². The first kappa shape index (κ1) is 30.5. The molecule has 1 unspecified atom stereocenters. The van der Waals surface area contributed by atoms with Crippen LogP contribution in [-0.2, 0) is 21.9 Å². The van der Waals surface area contributed by atoms with Crippen LogP contribution in [0.15, 0.2) is 107 Å². The fourth-order valence-electron chi connectivity index (χ4n) is 4.90. The lowest BCUT2D eigenvalue weighted by atomic mass is 9.95. The van der Waals surface area contributed by atoms with E-state index >= 15 is 4.39 Å². The van der Waals surface area contributed by atoms with Crippen molar-refractivity contribution in [1.82, 2.24) is 10.2 Å². The maximum Gasteiger partial charge on any atom is 0.301 e. The molecule has 1 aliphatic rings. The van der Waals surface area contributed by atoms with Crippen LogP contribution in [0.4, 0.5) is 9.52 Å². The van der Waals surface area contributed by atoms with E-state index in [1.807, 2.05) is 43.3 Å². The predicted molar refractivity (Wildman–Crippen MR) is 174 cm³/mol. The summed E-state index contributed by atoms with van der Waals surface area (Å²) in [7, 11) is 0. The first-order valence-corrected chi connectivity index (χ1v) is 16.0. The number of amides is 1. The number of aliphatic hydroxyl groups excluding tert-OH is 1. The third kappa shape index (κ3) is 6.49. The topological polar surface area (TPSA) is 92.6 Å². The Kier molecular flexibility index (Phi) is 8.97. The van der Waals surface area contributed by atoms with Gasteiger partial charge in [0.1, 0.15) is 30.0 Å². The number of carbonyl (C=O) groups is 2. The van der Waals surface area contributed by atoms with Crippen molar-refractivity contribution in [3.05, 3.63) is 141 Å². The van der Waals surface area contributed by atoms with E-state index in [9.17, 15) is 14.7 Å². The number of Topliss-reactive ketones (excluding diaryl/α,β-unsaturated/α-hetero) is 1. The van der Waals surface area contributed by atoms with Gasteiger partial charge >= 0.3 is 5.91 Å². The molecule has 45 heavy (non-hydrogen) atoms. The number of halogens is 2. The molecular formula is C34H25ClFN3O4S2. The number of carbonyl (C=O) groups excluding carboxylic acids is 2. The monoisotopic (exact) mass is 657 g/mol. The molecule has 0 aliphatic carbocycles. The molecule has 6 rings (SSSR count). The summed E-state index contributed by atoms with van der Waals surface area (Å²) in [5.74, 6) is -1.83. The van der Waals surface area contributed by atoms with Crippen molar-refractivity contribution in [1.29, 1.82) is 0 Å². The average Bonchev–Trinajstić information content (AvgIpc) is 3.62. The fraction of sp³-hybridized carbons (Fsp3) is 0.118. The SMILES string of the molecule is Cc1ccccc1COc1ccc(C(O)=C2C(=O)C(=O)N(c3nnc(SCc4ccc(Cl)cc4)s3)C2c2ccccc2F)cc1. The van der Waals surface area contributed by atoms with Crippen LogP contribution >= 0.6 is 34.7 Å². The zero-order valence-electron chi connectivity index (χ0n) is 23.8. The van der Waals surface area contributed by atoms with Gasteiger partial charge in [0.2, 0.25) is 5.13 Å². The fourth-order valence-corrected chi connectivity index (χ4v) is 6.85. The Balaban J connectivity index is 1.30. The third-order valence-corrected chi connectivity index (χ3v) is 9.68. The van der Waals surface area contributed by atoms with Gasteiger partial charge in [-0.15, -0.1) is 10.2 Å². The van der Waals surface area contributed by atoms with E-state index in [4.69, 9.17) is 16.3 Å². The van der Waals surface area contributed by atoms with Gasteiger partial charge in [0.05, 0.1) is 5.57 Å². The molecule has 11 heteroatoms. The van der Waals surface area contributed by atoms with Crippen molar-refractivity contribution in [2.24, 2.45) is 0 Å². The standard InChI is InChI=1S/C34H25ClFN3O4S2/c1-20-6-2-3-7-23(20)18-43-25-16-12-22(13-17-25)30(40)28-29(26-8-4-5-9-27(26)36)39(32(42)31(28)41)33-37-38-34(45-33)44-19-21-10-14-24(35)15-11-21/h2-17,29,40H,18-19H2,1H3. The van der Waals surface area contributed by atoms with Gasteiger partial charge in [-0.3, -0.25) is 14.5 Å². The lowest BCUT2D eigenvalue weighted by Gasteiger charge is -2.22. The number of aromatic nitrogens is 2. The second kappa shape index (κ2) is 13.2. The van der Waals surface area contributed by atoms with Gasteiger partial charge in [-0.05, 0) is 66.1 Å². The molecule has 0 radical (unpaired) electrons. The number of anilines is 1. The highest BCUT2D eigenvalue weighted by Crippen LogP contribution is 2.44. The van der Waals surface area contributed by atoms with Gasteiger partial charge in [0.25, 0.3) is 5.78 Å². The van der Waals surface area contributed by atoms with E-state index < -0.39 is 29.3 Å². The molecule has 1 N–H and O–H groups in total. The molecule has 1 atom stereocenters. The number of ether oxygens (including phenoxy) is 1. The minimum atomic E-state index is -1.26. The first-order valence-electron chi connectivity index (χ1n) is 13.8. The number of hydrogen-bond acceptors (Lipinski definition) is 8. The van der Waals surface area contributed by atoms with Crippen molar-refractivity contribution in [3.8, 4) is 5.75 Å². The summed E-state index contributed by atoms with van der Waals surface area (Å²) in [6, 6.07) is 26.4. The summed E-state index contributed by atoms with van der Waals surface area (Å²) >= 11 is 8.48. The van der Waals surface area contributed by atoms with E-state index in [0.717, 1.165) is 32.9 Å². The van der Waals surface area contributed by atoms with Crippen LogP contribution in [0.2, 0.25) is 5.02 Å². The van der Waals surface area contributed by atoms with Crippen LogP contribution in [0.3, 0.4) is 0 Å². The number of benzene rings is 4. The number of aliphatic hydroxyl groups is 1. The van der Waals surface area contributed by atoms with Crippen LogP contribution in [-0.4, -0.2) is 27.0 Å². The Labute approximate surface area is 272 Å².